The molecule has 0 aliphatic heterocycles. The molecule has 0 amide bonds. The van der Waals surface area contributed by atoms with E-state index in [1.54, 1.807) is 7.11 Å². The molecule has 0 aromatic heterocycles. The van der Waals surface area contributed by atoms with E-state index >= 15 is 0 Å². The van der Waals surface area contributed by atoms with Gasteiger partial charge < -0.3 is 10.1 Å². The maximum atomic E-state index is 12.3. The predicted molar refractivity (Wildman–Crippen MR) is 81.7 cm³/mol. The monoisotopic (exact) mass is 269 g/mol. The Balaban J connectivity index is 2.11. The summed E-state index contributed by atoms with van der Waals surface area (Å²) in [5, 5.41) is 3.13. The molecule has 0 saturated heterocycles. The van der Waals surface area contributed by atoms with Crippen LogP contribution in [0.1, 0.15) is 21.5 Å². The molecule has 0 spiro atoms. The third-order valence-electron chi connectivity index (χ3n) is 3.24. The largest absolute Gasteiger partial charge is 0.495 e. The first-order chi connectivity index (χ1) is 9.61. The Bertz CT molecular complexity index is 620. The van der Waals surface area contributed by atoms with Crippen LogP contribution in [-0.2, 0) is 0 Å². The second kappa shape index (κ2) is 6.24. The normalized spacial score (nSPS) is 10.2. The highest BCUT2D eigenvalue weighted by molar-refractivity contribution is 6.00. The molecule has 20 heavy (non-hydrogen) atoms. The number of anilines is 1. The van der Waals surface area contributed by atoms with Gasteiger partial charge in [-0.1, -0.05) is 29.8 Å². The second-order valence-electron chi connectivity index (χ2n) is 4.80. The van der Waals surface area contributed by atoms with Gasteiger partial charge in [0.1, 0.15) is 5.75 Å². The fourth-order valence-electron chi connectivity index (χ4n) is 2.10. The first kappa shape index (κ1) is 14.1. The molecule has 0 aliphatic carbocycles. The quantitative estimate of drug-likeness (QED) is 0.843. The van der Waals surface area contributed by atoms with E-state index in [0.717, 1.165) is 28.1 Å². The lowest BCUT2D eigenvalue weighted by atomic mass is 10.0. The van der Waals surface area contributed by atoms with Crippen LogP contribution >= 0.6 is 0 Å². The fraction of sp³-hybridized carbons (Fsp3) is 0.235. The average Bonchev–Trinajstić information content (AvgIpc) is 2.47. The molecule has 0 heterocycles. The summed E-state index contributed by atoms with van der Waals surface area (Å²) in [6.45, 7) is 4.20. The lowest BCUT2D eigenvalue weighted by molar-refractivity contribution is 0.101. The van der Waals surface area contributed by atoms with Crippen LogP contribution in [0.2, 0.25) is 0 Å². The van der Waals surface area contributed by atoms with Crippen LogP contribution in [0, 0.1) is 13.8 Å². The number of aryl methyl sites for hydroxylation is 2. The maximum Gasteiger partial charge on any atom is 0.182 e. The van der Waals surface area contributed by atoms with E-state index in [9.17, 15) is 4.79 Å². The van der Waals surface area contributed by atoms with Crippen molar-refractivity contribution in [2.75, 3.05) is 19.0 Å². The zero-order valence-electron chi connectivity index (χ0n) is 12.1. The van der Waals surface area contributed by atoms with Crippen LogP contribution in [-0.4, -0.2) is 19.4 Å². The number of nitrogens with one attached hydrogen (secondary N) is 1. The van der Waals surface area contributed by atoms with Crippen LogP contribution in [0.5, 0.6) is 5.75 Å². The number of ether oxygens (including phenoxy) is 1. The number of benzene rings is 2. The molecule has 0 radical (unpaired) electrons. The summed E-state index contributed by atoms with van der Waals surface area (Å²) in [4.78, 5) is 12.3. The van der Waals surface area contributed by atoms with Gasteiger partial charge >= 0.3 is 0 Å². The second-order valence-corrected chi connectivity index (χ2v) is 4.80. The van der Waals surface area contributed by atoms with Crippen LogP contribution in [0.25, 0.3) is 0 Å². The van der Waals surface area contributed by atoms with Crippen molar-refractivity contribution in [3.63, 3.8) is 0 Å². The molecule has 0 bridgehead atoms. The van der Waals surface area contributed by atoms with E-state index in [1.165, 1.54) is 0 Å². The van der Waals surface area contributed by atoms with Gasteiger partial charge in [-0.15, -0.1) is 0 Å². The van der Waals surface area contributed by atoms with Gasteiger partial charge in [0.05, 0.1) is 19.3 Å². The standard InChI is InChI=1S/C17H19NO2/c1-12-8-9-13(2)14(10-12)16(19)11-18-15-6-4-5-7-17(15)20-3/h4-10,18H,11H2,1-3H3. The van der Waals surface area contributed by atoms with Crippen LogP contribution in [0.3, 0.4) is 0 Å². The van der Waals surface area contributed by atoms with Crippen molar-refractivity contribution in [3.05, 3.63) is 59.2 Å². The average molecular weight is 269 g/mol. The summed E-state index contributed by atoms with van der Waals surface area (Å²) in [5.41, 5.74) is 3.69. The number of carbonyl (C=O) groups excluding carboxylic acids is 1. The summed E-state index contributed by atoms with van der Waals surface area (Å²) < 4.78 is 5.25. The first-order valence-corrected chi connectivity index (χ1v) is 6.59. The van der Waals surface area contributed by atoms with Crippen molar-refractivity contribution < 1.29 is 9.53 Å². The molecular formula is C17H19NO2. The van der Waals surface area contributed by atoms with Crippen molar-refractivity contribution >= 4 is 11.5 Å². The van der Waals surface area contributed by atoms with E-state index in [0.29, 0.717) is 0 Å². The number of carbonyl (C=O) groups is 1. The summed E-state index contributed by atoms with van der Waals surface area (Å²) in [6.07, 6.45) is 0. The van der Waals surface area contributed by atoms with Crippen molar-refractivity contribution in [1.29, 1.82) is 0 Å². The molecule has 104 valence electrons. The lowest BCUT2D eigenvalue weighted by Gasteiger charge is -2.11. The van der Waals surface area contributed by atoms with Crippen molar-refractivity contribution in [1.82, 2.24) is 0 Å². The number of ketones is 1. The van der Waals surface area contributed by atoms with Gasteiger partial charge in [-0.2, -0.15) is 0 Å². The van der Waals surface area contributed by atoms with Gasteiger partial charge in [0.15, 0.2) is 5.78 Å². The van der Waals surface area contributed by atoms with Gasteiger partial charge in [-0.3, -0.25) is 4.79 Å². The zero-order chi connectivity index (χ0) is 14.5. The molecule has 3 nitrogen and oxygen atoms in total. The highest BCUT2D eigenvalue weighted by Gasteiger charge is 2.10. The minimum absolute atomic E-state index is 0.0807. The van der Waals surface area contributed by atoms with E-state index in [1.807, 2.05) is 56.3 Å². The molecule has 2 aromatic carbocycles. The van der Waals surface area contributed by atoms with Crippen molar-refractivity contribution in [2.45, 2.75) is 13.8 Å². The summed E-state index contributed by atoms with van der Waals surface area (Å²) in [6, 6.07) is 13.5. The van der Waals surface area contributed by atoms with E-state index in [4.69, 9.17) is 4.74 Å². The Morgan fingerprint density at radius 1 is 1.15 bits per heavy atom. The number of hydrogen-bond acceptors (Lipinski definition) is 3. The molecule has 1 N–H and O–H groups in total. The highest BCUT2D eigenvalue weighted by Crippen LogP contribution is 2.23. The van der Waals surface area contributed by atoms with Gasteiger partial charge in [0, 0.05) is 5.56 Å². The van der Waals surface area contributed by atoms with Crippen LogP contribution in [0.15, 0.2) is 42.5 Å². The Hall–Kier alpha value is -2.29. The number of methoxy groups -OCH3 is 1. The van der Waals surface area contributed by atoms with Crippen LogP contribution in [0.4, 0.5) is 5.69 Å². The molecule has 0 atom stereocenters. The predicted octanol–water partition coefficient (Wildman–Crippen LogP) is 3.61. The number of Topliss-reactive ketones (excluding diaryl/α,β-unsaturated/α-hetero) is 1. The molecule has 2 aromatic rings. The Morgan fingerprint density at radius 2 is 1.90 bits per heavy atom. The molecule has 0 aliphatic rings. The molecule has 3 heteroatoms. The third kappa shape index (κ3) is 3.18. The Morgan fingerprint density at radius 3 is 2.65 bits per heavy atom. The Labute approximate surface area is 119 Å². The maximum absolute atomic E-state index is 12.3. The smallest absolute Gasteiger partial charge is 0.182 e. The minimum Gasteiger partial charge on any atom is -0.495 e. The highest BCUT2D eigenvalue weighted by atomic mass is 16.5. The molecule has 0 unspecified atom stereocenters. The summed E-state index contributed by atoms with van der Waals surface area (Å²) in [7, 11) is 1.62. The van der Waals surface area contributed by atoms with E-state index in [2.05, 4.69) is 5.32 Å². The van der Waals surface area contributed by atoms with Gasteiger partial charge in [0.2, 0.25) is 0 Å². The topological polar surface area (TPSA) is 38.3 Å². The molecular weight excluding hydrogens is 250 g/mol. The van der Waals surface area contributed by atoms with E-state index in [-0.39, 0.29) is 12.3 Å². The van der Waals surface area contributed by atoms with Gasteiger partial charge in [0.25, 0.3) is 0 Å². The lowest BCUT2D eigenvalue weighted by Crippen LogP contribution is -2.15. The molecule has 2 rings (SSSR count). The van der Waals surface area contributed by atoms with Gasteiger partial charge in [-0.05, 0) is 37.6 Å². The van der Waals surface area contributed by atoms with Gasteiger partial charge in [-0.25, -0.2) is 0 Å². The molecule has 0 fully saturated rings. The Kier molecular flexibility index (Phi) is 4.41. The number of hydrogen-bond donors (Lipinski definition) is 1. The SMILES string of the molecule is COc1ccccc1NCC(=O)c1cc(C)ccc1C. The number of para-hydroxylation sites is 2. The first-order valence-electron chi connectivity index (χ1n) is 6.59. The fourth-order valence-corrected chi connectivity index (χ4v) is 2.10. The van der Waals surface area contributed by atoms with Crippen molar-refractivity contribution in [2.24, 2.45) is 0 Å². The molecule has 0 saturated carbocycles. The minimum atomic E-state index is 0.0807. The summed E-state index contributed by atoms with van der Waals surface area (Å²) in [5.74, 6) is 0.818. The zero-order valence-corrected chi connectivity index (χ0v) is 12.1. The third-order valence-corrected chi connectivity index (χ3v) is 3.24. The van der Waals surface area contributed by atoms with Crippen LogP contribution < -0.4 is 10.1 Å². The summed E-state index contributed by atoms with van der Waals surface area (Å²) >= 11 is 0. The van der Waals surface area contributed by atoms with Crippen molar-refractivity contribution in [3.8, 4) is 5.75 Å². The van der Waals surface area contributed by atoms with E-state index < -0.39 is 0 Å². The number of rotatable bonds is 5.